The third kappa shape index (κ3) is 4.47. The van der Waals surface area contributed by atoms with E-state index in [1.54, 1.807) is 0 Å². The molecule has 1 aliphatic heterocycles. The molecule has 0 radical (unpaired) electrons. The van der Waals surface area contributed by atoms with E-state index in [0.29, 0.717) is 11.8 Å². The Bertz CT molecular complexity index is 734. The van der Waals surface area contributed by atoms with E-state index in [2.05, 4.69) is 20.4 Å². The summed E-state index contributed by atoms with van der Waals surface area (Å²) in [5.74, 6) is 0.893. The van der Waals surface area contributed by atoms with Gasteiger partial charge in [-0.25, -0.2) is 4.79 Å². The number of nitrogens with zero attached hydrogens (tertiary/aromatic N) is 4. The predicted molar refractivity (Wildman–Crippen MR) is 102 cm³/mol. The Hall–Kier alpha value is -2.41. The first-order valence-electron chi connectivity index (χ1n) is 9.94. The third-order valence-corrected chi connectivity index (χ3v) is 5.57. The van der Waals surface area contributed by atoms with Crippen molar-refractivity contribution >= 4 is 6.03 Å². The normalized spacial score (nSPS) is 19.2. The first-order chi connectivity index (χ1) is 13.3. The van der Waals surface area contributed by atoms with Crippen LogP contribution in [0.4, 0.5) is 4.79 Å². The van der Waals surface area contributed by atoms with Gasteiger partial charge in [-0.3, -0.25) is 4.90 Å². The van der Waals surface area contributed by atoms with Crippen molar-refractivity contribution in [3.8, 4) is 11.5 Å². The molecule has 2 fully saturated rings. The smallest absolute Gasteiger partial charge is 0.317 e. The standard InChI is InChI=1S/C20H27N5O2/c26-20(25-13-11-24(12-14-25)17-9-5-2-6-10-17)21-15-18-22-23-19(27-18)16-7-3-1-4-8-16/h1,3-4,7-8,17H,2,5-6,9-15H2,(H,21,26). The highest BCUT2D eigenvalue weighted by atomic mass is 16.4. The van der Waals surface area contributed by atoms with E-state index in [1.807, 2.05) is 35.2 Å². The van der Waals surface area contributed by atoms with Crippen LogP contribution in [-0.2, 0) is 6.54 Å². The van der Waals surface area contributed by atoms with Crippen molar-refractivity contribution in [1.29, 1.82) is 0 Å². The Labute approximate surface area is 159 Å². The van der Waals surface area contributed by atoms with Crippen molar-refractivity contribution < 1.29 is 9.21 Å². The Morgan fingerprint density at radius 3 is 2.52 bits per heavy atom. The highest BCUT2D eigenvalue weighted by molar-refractivity contribution is 5.74. The fraction of sp³-hybridized carbons (Fsp3) is 0.550. The zero-order valence-corrected chi connectivity index (χ0v) is 15.6. The minimum Gasteiger partial charge on any atom is -0.419 e. The van der Waals surface area contributed by atoms with E-state index in [0.717, 1.165) is 37.8 Å². The molecule has 1 aromatic carbocycles. The molecule has 7 heteroatoms. The van der Waals surface area contributed by atoms with Gasteiger partial charge in [-0.15, -0.1) is 10.2 Å². The number of piperazine rings is 1. The topological polar surface area (TPSA) is 74.5 Å². The van der Waals surface area contributed by atoms with Gasteiger partial charge in [0.1, 0.15) is 0 Å². The van der Waals surface area contributed by atoms with Crippen LogP contribution < -0.4 is 5.32 Å². The second-order valence-electron chi connectivity index (χ2n) is 7.34. The van der Waals surface area contributed by atoms with E-state index in [9.17, 15) is 4.79 Å². The molecule has 144 valence electrons. The molecule has 27 heavy (non-hydrogen) atoms. The fourth-order valence-corrected chi connectivity index (χ4v) is 4.02. The van der Waals surface area contributed by atoms with E-state index in [4.69, 9.17) is 4.42 Å². The van der Waals surface area contributed by atoms with E-state index < -0.39 is 0 Å². The zero-order chi connectivity index (χ0) is 18.5. The quantitative estimate of drug-likeness (QED) is 0.897. The summed E-state index contributed by atoms with van der Waals surface area (Å²) in [6.07, 6.45) is 6.70. The minimum absolute atomic E-state index is 0.0576. The van der Waals surface area contributed by atoms with Gasteiger partial charge in [0.15, 0.2) is 0 Å². The molecule has 2 amide bonds. The summed E-state index contributed by atoms with van der Waals surface area (Å²) < 4.78 is 5.64. The summed E-state index contributed by atoms with van der Waals surface area (Å²) >= 11 is 0. The number of hydrogen-bond acceptors (Lipinski definition) is 5. The van der Waals surface area contributed by atoms with Crippen LogP contribution in [0.3, 0.4) is 0 Å². The molecular weight excluding hydrogens is 342 g/mol. The van der Waals surface area contributed by atoms with Crippen LogP contribution in [0.15, 0.2) is 34.7 Å². The number of hydrogen-bond donors (Lipinski definition) is 1. The van der Waals surface area contributed by atoms with Gasteiger partial charge < -0.3 is 14.6 Å². The van der Waals surface area contributed by atoms with Gasteiger partial charge in [-0.05, 0) is 25.0 Å². The number of carbonyl (C=O) groups is 1. The van der Waals surface area contributed by atoms with Crippen molar-refractivity contribution in [2.75, 3.05) is 26.2 Å². The lowest BCUT2D eigenvalue weighted by Crippen LogP contribution is -2.54. The first-order valence-corrected chi connectivity index (χ1v) is 9.94. The molecule has 2 heterocycles. The van der Waals surface area contributed by atoms with Gasteiger partial charge in [0.25, 0.3) is 0 Å². The van der Waals surface area contributed by atoms with Gasteiger partial charge in [-0.2, -0.15) is 0 Å². The summed E-state index contributed by atoms with van der Waals surface area (Å²) in [7, 11) is 0. The van der Waals surface area contributed by atoms with Crippen molar-refractivity contribution in [3.05, 3.63) is 36.2 Å². The molecular formula is C20H27N5O2. The SMILES string of the molecule is O=C(NCc1nnc(-c2ccccc2)o1)N1CCN(C2CCCCC2)CC1. The Morgan fingerprint density at radius 1 is 1.04 bits per heavy atom. The van der Waals surface area contributed by atoms with Crippen LogP contribution in [0.2, 0.25) is 0 Å². The molecule has 1 aromatic heterocycles. The summed E-state index contributed by atoms with van der Waals surface area (Å²) in [6, 6.07) is 10.3. The van der Waals surface area contributed by atoms with Crippen molar-refractivity contribution in [3.63, 3.8) is 0 Å². The monoisotopic (exact) mass is 369 g/mol. The number of amides is 2. The Kier molecular flexibility index (Phi) is 5.67. The number of aromatic nitrogens is 2. The van der Waals surface area contributed by atoms with Gasteiger partial charge in [-0.1, -0.05) is 37.5 Å². The molecule has 1 aliphatic carbocycles. The molecule has 0 unspecified atom stereocenters. The average molecular weight is 369 g/mol. The molecule has 2 aliphatic rings. The molecule has 1 saturated heterocycles. The van der Waals surface area contributed by atoms with Crippen LogP contribution in [0.1, 0.15) is 38.0 Å². The van der Waals surface area contributed by atoms with Crippen molar-refractivity contribution in [2.24, 2.45) is 0 Å². The van der Waals surface area contributed by atoms with Crippen LogP contribution in [0.5, 0.6) is 0 Å². The lowest BCUT2D eigenvalue weighted by Gasteiger charge is -2.40. The molecule has 0 atom stereocenters. The lowest BCUT2D eigenvalue weighted by atomic mass is 9.94. The number of carbonyl (C=O) groups excluding carboxylic acids is 1. The maximum atomic E-state index is 12.4. The van der Waals surface area contributed by atoms with Crippen molar-refractivity contribution in [2.45, 2.75) is 44.7 Å². The first kappa shape index (κ1) is 18.0. The maximum Gasteiger partial charge on any atom is 0.317 e. The average Bonchev–Trinajstić information content (AvgIpc) is 3.22. The molecule has 2 aromatic rings. The van der Waals surface area contributed by atoms with Gasteiger partial charge in [0.2, 0.25) is 11.8 Å². The van der Waals surface area contributed by atoms with Gasteiger partial charge in [0.05, 0.1) is 6.54 Å². The highest BCUT2D eigenvalue weighted by Gasteiger charge is 2.27. The zero-order valence-electron chi connectivity index (χ0n) is 15.6. The third-order valence-electron chi connectivity index (χ3n) is 5.57. The summed E-state index contributed by atoms with van der Waals surface area (Å²) in [6.45, 7) is 3.75. The largest absolute Gasteiger partial charge is 0.419 e. The second kappa shape index (κ2) is 8.52. The fourth-order valence-electron chi connectivity index (χ4n) is 4.02. The molecule has 1 N–H and O–H groups in total. The summed E-state index contributed by atoms with van der Waals surface area (Å²) in [5.41, 5.74) is 0.876. The molecule has 1 saturated carbocycles. The molecule has 0 spiro atoms. The van der Waals surface area contributed by atoms with E-state index >= 15 is 0 Å². The Morgan fingerprint density at radius 2 is 1.78 bits per heavy atom. The number of benzene rings is 1. The van der Waals surface area contributed by atoms with Crippen LogP contribution >= 0.6 is 0 Å². The maximum absolute atomic E-state index is 12.4. The minimum atomic E-state index is -0.0576. The molecule has 7 nitrogen and oxygen atoms in total. The van der Waals surface area contributed by atoms with Crippen molar-refractivity contribution in [1.82, 2.24) is 25.3 Å². The number of urea groups is 1. The van der Waals surface area contributed by atoms with Crippen LogP contribution in [0.25, 0.3) is 11.5 Å². The molecule has 0 bridgehead atoms. The second-order valence-corrected chi connectivity index (χ2v) is 7.34. The van der Waals surface area contributed by atoms with Gasteiger partial charge >= 0.3 is 6.03 Å². The van der Waals surface area contributed by atoms with Crippen LogP contribution in [0, 0.1) is 0 Å². The summed E-state index contributed by atoms with van der Waals surface area (Å²) in [5, 5.41) is 11.0. The van der Waals surface area contributed by atoms with E-state index in [1.165, 1.54) is 32.1 Å². The van der Waals surface area contributed by atoms with Gasteiger partial charge in [0, 0.05) is 37.8 Å². The molecule has 4 rings (SSSR count). The lowest BCUT2D eigenvalue weighted by molar-refractivity contribution is 0.0903. The van der Waals surface area contributed by atoms with Crippen LogP contribution in [-0.4, -0.2) is 58.2 Å². The Balaban J connectivity index is 1.24. The summed E-state index contributed by atoms with van der Waals surface area (Å²) in [4.78, 5) is 16.9. The van der Waals surface area contributed by atoms with E-state index in [-0.39, 0.29) is 12.6 Å². The highest BCUT2D eigenvalue weighted by Crippen LogP contribution is 2.23. The number of rotatable bonds is 4. The predicted octanol–water partition coefficient (Wildman–Crippen LogP) is 2.90. The number of nitrogens with one attached hydrogen (secondary N) is 1.